The third-order valence-electron chi connectivity index (χ3n) is 2.93. The quantitative estimate of drug-likeness (QED) is 0.734. The molecule has 0 aliphatic heterocycles. The summed E-state index contributed by atoms with van der Waals surface area (Å²) in [5, 5.41) is 10.3. The molecule has 0 aromatic carbocycles. The SMILES string of the molecule is NCC1(NC(=O)c2ccnnc2)CCC1. The molecule has 1 amide bonds. The van der Waals surface area contributed by atoms with Gasteiger partial charge in [0.15, 0.2) is 0 Å². The van der Waals surface area contributed by atoms with Crippen LogP contribution in [0, 0.1) is 0 Å². The number of aromatic nitrogens is 2. The highest BCUT2D eigenvalue weighted by Crippen LogP contribution is 2.30. The Kier molecular flexibility index (Phi) is 2.64. The van der Waals surface area contributed by atoms with Crippen molar-refractivity contribution in [1.29, 1.82) is 0 Å². The Morgan fingerprint density at radius 3 is 2.80 bits per heavy atom. The van der Waals surface area contributed by atoms with Gasteiger partial charge in [0, 0.05) is 6.54 Å². The van der Waals surface area contributed by atoms with Crippen LogP contribution in [-0.4, -0.2) is 28.2 Å². The Balaban J connectivity index is 2.04. The summed E-state index contributed by atoms with van der Waals surface area (Å²) in [4.78, 5) is 11.8. The van der Waals surface area contributed by atoms with Gasteiger partial charge in [0.2, 0.25) is 0 Å². The number of nitrogens with two attached hydrogens (primary N) is 1. The van der Waals surface area contributed by atoms with E-state index in [0.717, 1.165) is 19.3 Å². The van der Waals surface area contributed by atoms with Gasteiger partial charge in [-0.05, 0) is 25.3 Å². The molecule has 1 heterocycles. The first-order chi connectivity index (χ1) is 7.26. The average Bonchev–Trinajstić information content (AvgIpc) is 2.24. The van der Waals surface area contributed by atoms with E-state index < -0.39 is 0 Å². The van der Waals surface area contributed by atoms with Gasteiger partial charge in [-0.25, -0.2) is 0 Å². The molecule has 2 rings (SSSR count). The summed E-state index contributed by atoms with van der Waals surface area (Å²) >= 11 is 0. The van der Waals surface area contributed by atoms with E-state index in [4.69, 9.17) is 5.73 Å². The molecule has 0 bridgehead atoms. The topological polar surface area (TPSA) is 80.9 Å². The van der Waals surface area contributed by atoms with Crippen molar-refractivity contribution in [2.75, 3.05) is 6.54 Å². The molecule has 0 radical (unpaired) electrons. The van der Waals surface area contributed by atoms with Gasteiger partial charge in [0.05, 0.1) is 23.5 Å². The molecule has 5 nitrogen and oxygen atoms in total. The third-order valence-corrected chi connectivity index (χ3v) is 2.93. The largest absolute Gasteiger partial charge is 0.345 e. The Morgan fingerprint density at radius 1 is 1.53 bits per heavy atom. The van der Waals surface area contributed by atoms with Crippen LogP contribution in [0.2, 0.25) is 0 Å². The number of hydrogen-bond acceptors (Lipinski definition) is 4. The van der Waals surface area contributed by atoms with Crippen LogP contribution < -0.4 is 11.1 Å². The van der Waals surface area contributed by atoms with Gasteiger partial charge in [-0.15, -0.1) is 0 Å². The van der Waals surface area contributed by atoms with Crippen LogP contribution in [0.5, 0.6) is 0 Å². The average molecular weight is 206 g/mol. The Morgan fingerprint density at radius 2 is 2.33 bits per heavy atom. The van der Waals surface area contributed by atoms with E-state index >= 15 is 0 Å². The predicted molar refractivity (Wildman–Crippen MR) is 55.1 cm³/mol. The fraction of sp³-hybridized carbons (Fsp3) is 0.500. The monoisotopic (exact) mass is 206 g/mol. The second-order valence-corrected chi connectivity index (χ2v) is 3.92. The van der Waals surface area contributed by atoms with Crippen molar-refractivity contribution in [3.63, 3.8) is 0 Å². The second-order valence-electron chi connectivity index (χ2n) is 3.92. The van der Waals surface area contributed by atoms with E-state index in [2.05, 4.69) is 15.5 Å². The molecule has 0 atom stereocenters. The molecule has 3 N–H and O–H groups in total. The lowest BCUT2D eigenvalue weighted by atomic mass is 9.76. The van der Waals surface area contributed by atoms with E-state index in [-0.39, 0.29) is 11.4 Å². The first-order valence-electron chi connectivity index (χ1n) is 5.05. The first-order valence-corrected chi connectivity index (χ1v) is 5.05. The molecular formula is C10H14N4O. The van der Waals surface area contributed by atoms with E-state index in [1.165, 1.54) is 12.4 Å². The lowest BCUT2D eigenvalue weighted by Crippen LogP contribution is -2.58. The van der Waals surface area contributed by atoms with Crippen LogP contribution in [0.1, 0.15) is 29.6 Å². The number of hydrogen-bond donors (Lipinski definition) is 2. The summed E-state index contributed by atoms with van der Waals surface area (Å²) < 4.78 is 0. The highest BCUT2D eigenvalue weighted by Gasteiger charge is 2.37. The zero-order chi connectivity index (χ0) is 10.7. The fourth-order valence-corrected chi connectivity index (χ4v) is 1.72. The minimum Gasteiger partial charge on any atom is -0.345 e. The summed E-state index contributed by atoms with van der Waals surface area (Å²) in [5.74, 6) is -0.116. The maximum absolute atomic E-state index is 11.8. The molecule has 0 spiro atoms. The van der Waals surface area contributed by atoms with Crippen LogP contribution in [0.25, 0.3) is 0 Å². The predicted octanol–water partition coefficient (Wildman–Crippen LogP) is 0.0878. The highest BCUT2D eigenvalue weighted by atomic mass is 16.1. The van der Waals surface area contributed by atoms with Gasteiger partial charge >= 0.3 is 0 Å². The summed E-state index contributed by atoms with van der Waals surface area (Å²) in [6.45, 7) is 0.497. The van der Waals surface area contributed by atoms with Gasteiger partial charge in [-0.2, -0.15) is 10.2 Å². The number of carbonyl (C=O) groups is 1. The maximum atomic E-state index is 11.8. The Hall–Kier alpha value is -1.49. The minimum atomic E-state index is -0.180. The van der Waals surface area contributed by atoms with Gasteiger partial charge in [0.1, 0.15) is 0 Å². The standard InChI is InChI=1S/C10H14N4O/c11-7-10(3-1-4-10)14-9(15)8-2-5-12-13-6-8/h2,5-6H,1,3-4,7,11H2,(H,14,15). The van der Waals surface area contributed by atoms with Crippen molar-refractivity contribution in [1.82, 2.24) is 15.5 Å². The van der Waals surface area contributed by atoms with Crippen molar-refractivity contribution < 1.29 is 4.79 Å². The van der Waals surface area contributed by atoms with Crippen LogP contribution in [-0.2, 0) is 0 Å². The normalized spacial score (nSPS) is 17.9. The number of amides is 1. The molecule has 5 heteroatoms. The maximum Gasteiger partial charge on any atom is 0.253 e. The Labute approximate surface area is 88.1 Å². The fourth-order valence-electron chi connectivity index (χ4n) is 1.72. The summed E-state index contributed by atoms with van der Waals surface area (Å²) in [7, 11) is 0. The van der Waals surface area contributed by atoms with Crippen LogP contribution in [0.15, 0.2) is 18.5 Å². The zero-order valence-corrected chi connectivity index (χ0v) is 8.44. The number of nitrogens with one attached hydrogen (secondary N) is 1. The van der Waals surface area contributed by atoms with E-state index in [1.54, 1.807) is 6.07 Å². The molecule has 80 valence electrons. The van der Waals surface area contributed by atoms with Gasteiger partial charge in [0.25, 0.3) is 5.91 Å². The molecule has 0 saturated heterocycles. The smallest absolute Gasteiger partial charge is 0.253 e. The summed E-state index contributed by atoms with van der Waals surface area (Å²) in [5.41, 5.74) is 6.00. The van der Waals surface area contributed by atoms with Gasteiger partial charge < -0.3 is 11.1 Å². The van der Waals surface area contributed by atoms with E-state index in [9.17, 15) is 4.79 Å². The van der Waals surface area contributed by atoms with Crippen LogP contribution >= 0.6 is 0 Å². The Bertz CT molecular complexity index is 342. The van der Waals surface area contributed by atoms with Crippen molar-refractivity contribution in [2.45, 2.75) is 24.8 Å². The second kappa shape index (κ2) is 3.94. The minimum absolute atomic E-state index is 0.116. The zero-order valence-electron chi connectivity index (χ0n) is 8.44. The number of nitrogens with zero attached hydrogens (tertiary/aromatic N) is 2. The summed E-state index contributed by atoms with van der Waals surface area (Å²) in [6.07, 6.45) is 6.02. The molecule has 1 aromatic rings. The van der Waals surface area contributed by atoms with Crippen molar-refractivity contribution in [3.8, 4) is 0 Å². The molecule has 1 aliphatic carbocycles. The molecule has 15 heavy (non-hydrogen) atoms. The number of carbonyl (C=O) groups excluding carboxylic acids is 1. The van der Waals surface area contributed by atoms with E-state index in [1.807, 2.05) is 0 Å². The van der Waals surface area contributed by atoms with Crippen molar-refractivity contribution >= 4 is 5.91 Å². The molecule has 1 saturated carbocycles. The van der Waals surface area contributed by atoms with Crippen molar-refractivity contribution in [2.24, 2.45) is 5.73 Å². The third kappa shape index (κ3) is 1.97. The molecule has 1 aromatic heterocycles. The summed E-state index contributed by atoms with van der Waals surface area (Å²) in [6, 6.07) is 1.64. The van der Waals surface area contributed by atoms with E-state index in [0.29, 0.717) is 12.1 Å². The highest BCUT2D eigenvalue weighted by molar-refractivity contribution is 5.94. The van der Waals surface area contributed by atoms with Gasteiger partial charge in [-0.1, -0.05) is 0 Å². The van der Waals surface area contributed by atoms with Crippen molar-refractivity contribution in [3.05, 3.63) is 24.0 Å². The molecule has 1 aliphatic rings. The van der Waals surface area contributed by atoms with Crippen LogP contribution in [0.4, 0.5) is 0 Å². The number of rotatable bonds is 3. The van der Waals surface area contributed by atoms with Crippen LogP contribution in [0.3, 0.4) is 0 Å². The molecule has 1 fully saturated rings. The molecular weight excluding hydrogens is 192 g/mol. The first kappa shape index (κ1) is 10.0. The molecule has 0 unspecified atom stereocenters. The lowest BCUT2D eigenvalue weighted by molar-refractivity contribution is 0.0837. The van der Waals surface area contributed by atoms with Gasteiger partial charge in [-0.3, -0.25) is 4.79 Å². The lowest BCUT2D eigenvalue weighted by Gasteiger charge is -2.41.